The lowest BCUT2D eigenvalue weighted by Gasteiger charge is -2.33. The standard InChI is InChI=1S/C18H25FN2O2/c1-18(2,17(23)21-12-4-3-5-13-21)16(22)20-11-10-14-6-8-15(19)9-7-14/h6-9H,3-5,10-13H2,1-2H3,(H,20,22). The highest BCUT2D eigenvalue weighted by atomic mass is 19.1. The van der Waals surface area contributed by atoms with Gasteiger partial charge in [0.15, 0.2) is 0 Å². The summed E-state index contributed by atoms with van der Waals surface area (Å²) in [6.07, 6.45) is 3.77. The van der Waals surface area contributed by atoms with Crippen molar-refractivity contribution in [3.63, 3.8) is 0 Å². The van der Waals surface area contributed by atoms with Crippen LogP contribution in [0, 0.1) is 11.2 Å². The highest BCUT2D eigenvalue weighted by Crippen LogP contribution is 2.22. The van der Waals surface area contributed by atoms with Crippen molar-refractivity contribution in [2.24, 2.45) is 5.41 Å². The molecule has 1 heterocycles. The van der Waals surface area contributed by atoms with Crippen molar-refractivity contribution in [3.8, 4) is 0 Å². The molecule has 0 aromatic heterocycles. The molecule has 1 aliphatic heterocycles. The van der Waals surface area contributed by atoms with Gasteiger partial charge in [-0.3, -0.25) is 9.59 Å². The maximum atomic E-state index is 12.8. The number of hydrogen-bond donors (Lipinski definition) is 1. The number of likely N-dealkylation sites (tertiary alicyclic amines) is 1. The number of benzene rings is 1. The van der Waals surface area contributed by atoms with E-state index in [2.05, 4.69) is 5.32 Å². The Bertz CT molecular complexity index is 549. The number of carbonyl (C=O) groups excluding carboxylic acids is 2. The topological polar surface area (TPSA) is 49.4 Å². The molecule has 2 amide bonds. The molecule has 23 heavy (non-hydrogen) atoms. The predicted molar refractivity (Wildman–Crippen MR) is 87.3 cm³/mol. The monoisotopic (exact) mass is 320 g/mol. The maximum absolute atomic E-state index is 12.8. The zero-order valence-electron chi connectivity index (χ0n) is 13.9. The third kappa shape index (κ3) is 4.53. The van der Waals surface area contributed by atoms with Crippen LogP contribution in [0.5, 0.6) is 0 Å². The maximum Gasteiger partial charge on any atom is 0.237 e. The summed E-state index contributed by atoms with van der Waals surface area (Å²) in [7, 11) is 0. The molecular formula is C18H25FN2O2. The summed E-state index contributed by atoms with van der Waals surface area (Å²) < 4.78 is 12.8. The average Bonchev–Trinajstić information content (AvgIpc) is 2.56. The van der Waals surface area contributed by atoms with Crippen LogP contribution in [0.15, 0.2) is 24.3 Å². The van der Waals surface area contributed by atoms with E-state index in [0.29, 0.717) is 13.0 Å². The van der Waals surface area contributed by atoms with Crippen LogP contribution in [0.3, 0.4) is 0 Å². The van der Waals surface area contributed by atoms with Crippen LogP contribution in [-0.4, -0.2) is 36.3 Å². The highest BCUT2D eigenvalue weighted by molar-refractivity contribution is 6.04. The summed E-state index contributed by atoms with van der Waals surface area (Å²) in [6, 6.07) is 6.21. The Labute approximate surface area is 137 Å². The van der Waals surface area contributed by atoms with E-state index in [9.17, 15) is 14.0 Å². The van der Waals surface area contributed by atoms with Gasteiger partial charge in [0.25, 0.3) is 0 Å². The first-order chi connectivity index (χ1) is 10.9. The van der Waals surface area contributed by atoms with Gasteiger partial charge in [-0.15, -0.1) is 0 Å². The zero-order valence-corrected chi connectivity index (χ0v) is 13.9. The number of amides is 2. The van der Waals surface area contributed by atoms with Crippen LogP contribution in [0.2, 0.25) is 0 Å². The van der Waals surface area contributed by atoms with Crippen molar-refractivity contribution < 1.29 is 14.0 Å². The van der Waals surface area contributed by atoms with Gasteiger partial charge in [-0.2, -0.15) is 0 Å². The Balaban J connectivity index is 1.85. The van der Waals surface area contributed by atoms with Crippen LogP contribution in [-0.2, 0) is 16.0 Å². The molecule has 1 saturated heterocycles. The molecular weight excluding hydrogens is 295 g/mol. The molecule has 0 radical (unpaired) electrons. The first kappa shape index (κ1) is 17.4. The number of piperidine rings is 1. The molecule has 1 N–H and O–H groups in total. The normalized spacial score (nSPS) is 15.3. The van der Waals surface area contributed by atoms with E-state index in [1.165, 1.54) is 12.1 Å². The van der Waals surface area contributed by atoms with Gasteiger partial charge in [-0.05, 0) is 57.2 Å². The van der Waals surface area contributed by atoms with Crippen LogP contribution in [0.4, 0.5) is 4.39 Å². The molecule has 0 spiro atoms. The minimum Gasteiger partial charge on any atom is -0.355 e. The van der Waals surface area contributed by atoms with Crippen LogP contribution >= 0.6 is 0 Å². The van der Waals surface area contributed by atoms with Gasteiger partial charge in [0, 0.05) is 19.6 Å². The number of nitrogens with one attached hydrogen (secondary N) is 1. The van der Waals surface area contributed by atoms with E-state index in [4.69, 9.17) is 0 Å². The molecule has 0 atom stereocenters. The van der Waals surface area contributed by atoms with E-state index in [1.807, 2.05) is 0 Å². The third-order valence-electron chi connectivity index (χ3n) is 4.36. The number of halogens is 1. The molecule has 1 aliphatic rings. The molecule has 2 rings (SSSR count). The number of hydrogen-bond acceptors (Lipinski definition) is 2. The summed E-state index contributed by atoms with van der Waals surface area (Å²) >= 11 is 0. The van der Waals surface area contributed by atoms with Gasteiger partial charge in [-0.25, -0.2) is 4.39 Å². The van der Waals surface area contributed by atoms with E-state index in [0.717, 1.165) is 37.9 Å². The summed E-state index contributed by atoms with van der Waals surface area (Å²) in [5, 5.41) is 2.83. The van der Waals surface area contributed by atoms with E-state index < -0.39 is 5.41 Å². The number of nitrogens with zero attached hydrogens (tertiary/aromatic N) is 1. The fourth-order valence-corrected chi connectivity index (χ4v) is 2.78. The molecule has 5 heteroatoms. The van der Waals surface area contributed by atoms with Gasteiger partial charge in [0.2, 0.25) is 11.8 Å². The van der Waals surface area contributed by atoms with Gasteiger partial charge in [-0.1, -0.05) is 12.1 Å². The van der Waals surface area contributed by atoms with Crippen molar-refractivity contribution in [2.45, 2.75) is 39.5 Å². The fourth-order valence-electron chi connectivity index (χ4n) is 2.78. The second-order valence-corrected chi connectivity index (χ2v) is 6.61. The molecule has 1 aromatic carbocycles. The van der Waals surface area contributed by atoms with Crippen LogP contribution < -0.4 is 5.32 Å². The Hall–Kier alpha value is -1.91. The first-order valence-electron chi connectivity index (χ1n) is 8.23. The smallest absolute Gasteiger partial charge is 0.237 e. The van der Waals surface area contributed by atoms with Crippen molar-refractivity contribution in [1.82, 2.24) is 10.2 Å². The van der Waals surface area contributed by atoms with Crippen molar-refractivity contribution in [2.75, 3.05) is 19.6 Å². The quantitative estimate of drug-likeness (QED) is 0.848. The second-order valence-electron chi connectivity index (χ2n) is 6.61. The average molecular weight is 320 g/mol. The summed E-state index contributed by atoms with van der Waals surface area (Å²) in [5.74, 6) is -0.627. The molecule has 1 aromatic rings. The lowest BCUT2D eigenvalue weighted by Crippen LogP contribution is -2.51. The van der Waals surface area contributed by atoms with Gasteiger partial charge in [0.05, 0.1) is 0 Å². The number of carbonyl (C=O) groups is 2. The summed E-state index contributed by atoms with van der Waals surface area (Å²) in [4.78, 5) is 26.7. The van der Waals surface area contributed by atoms with Gasteiger partial charge >= 0.3 is 0 Å². The predicted octanol–water partition coefficient (Wildman–Crippen LogP) is 2.52. The Morgan fingerprint density at radius 2 is 1.74 bits per heavy atom. The minimum atomic E-state index is -1.06. The molecule has 4 nitrogen and oxygen atoms in total. The molecule has 0 bridgehead atoms. The van der Waals surface area contributed by atoms with Crippen molar-refractivity contribution >= 4 is 11.8 Å². The Morgan fingerprint density at radius 1 is 1.13 bits per heavy atom. The van der Waals surface area contributed by atoms with Crippen LogP contribution in [0.1, 0.15) is 38.7 Å². The van der Waals surface area contributed by atoms with Gasteiger partial charge < -0.3 is 10.2 Å². The fraction of sp³-hybridized carbons (Fsp3) is 0.556. The molecule has 1 fully saturated rings. The van der Waals surface area contributed by atoms with Crippen molar-refractivity contribution in [3.05, 3.63) is 35.6 Å². The lowest BCUT2D eigenvalue weighted by molar-refractivity contribution is -0.149. The molecule has 126 valence electrons. The van der Waals surface area contributed by atoms with Crippen molar-refractivity contribution in [1.29, 1.82) is 0 Å². The first-order valence-corrected chi connectivity index (χ1v) is 8.23. The highest BCUT2D eigenvalue weighted by Gasteiger charge is 2.39. The Kier molecular flexibility index (Phi) is 5.74. The largest absolute Gasteiger partial charge is 0.355 e. The second kappa shape index (κ2) is 7.57. The Morgan fingerprint density at radius 3 is 2.35 bits per heavy atom. The molecule has 0 aliphatic carbocycles. The van der Waals surface area contributed by atoms with E-state index in [-0.39, 0.29) is 17.6 Å². The zero-order chi connectivity index (χ0) is 16.9. The minimum absolute atomic E-state index is 0.100. The van der Waals surface area contributed by atoms with E-state index >= 15 is 0 Å². The van der Waals surface area contributed by atoms with Crippen LogP contribution in [0.25, 0.3) is 0 Å². The summed E-state index contributed by atoms with van der Waals surface area (Å²) in [5.41, 5.74) is -0.105. The SMILES string of the molecule is CC(C)(C(=O)NCCc1ccc(F)cc1)C(=O)N1CCCCC1. The molecule has 0 unspecified atom stereocenters. The number of rotatable bonds is 5. The molecule has 0 saturated carbocycles. The van der Waals surface area contributed by atoms with Gasteiger partial charge in [0.1, 0.15) is 11.2 Å². The summed E-state index contributed by atoms with van der Waals surface area (Å²) in [6.45, 7) is 5.27. The van der Waals surface area contributed by atoms with E-state index in [1.54, 1.807) is 30.9 Å². The lowest BCUT2D eigenvalue weighted by atomic mass is 9.89. The third-order valence-corrected chi connectivity index (χ3v) is 4.36.